The third-order valence-electron chi connectivity index (χ3n) is 3.12. The van der Waals surface area contributed by atoms with E-state index in [4.69, 9.17) is 0 Å². The summed E-state index contributed by atoms with van der Waals surface area (Å²) in [4.78, 5) is 25.3. The van der Waals surface area contributed by atoms with Gasteiger partial charge in [-0.3, -0.25) is 9.59 Å². The van der Waals surface area contributed by atoms with Crippen LogP contribution in [0.25, 0.3) is 0 Å². The van der Waals surface area contributed by atoms with E-state index in [1.54, 1.807) is 25.1 Å². The molecule has 0 saturated carbocycles. The number of hydrogen-bond acceptors (Lipinski definition) is 3. The number of amides is 2. The fourth-order valence-corrected chi connectivity index (χ4v) is 2.72. The van der Waals surface area contributed by atoms with Gasteiger partial charge >= 0.3 is 0 Å². The summed E-state index contributed by atoms with van der Waals surface area (Å²) in [5.74, 6) is -0.873. The van der Waals surface area contributed by atoms with Crippen molar-refractivity contribution in [3.05, 3.63) is 57.5 Å². The van der Waals surface area contributed by atoms with Gasteiger partial charge in [-0.25, -0.2) is 4.39 Å². The maximum absolute atomic E-state index is 12.9. The zero-order valence-electron chi connectivity index (χ0n) is 12.4. The maximum atomic E-state index is 12.9. The van der Waals surface area contributed by atoms with Crippen LogP contribution in [0.2, 0.25) is 0 Å². The van der Waals surface area contributed by atoms with E-state index in [1.165, 1.54) is 23.5 Å². The molecule has 0 spiro atoms. The van der Waals surface area contributed by atoms with E-state index in [-0.39, 0.29) is 30.2 Å². The summed E-state index contributed by atoms with van der Waals surface area (Å²) in [6.45, 7) is 3.62. The highest BCUT2D eigenvalue weighted by Crippen LogP contribution is 2.15. The molecule has 2 N–H and O–H groups in total. The molecule has 1 aromatic carbocycles. The molecule has 22 heavy (non-hydrogen) atoms. The van der Waals surface area contributed by atoms with Crippen LogP contribution in [0.4, 0.5) is 4.39 Å². The Bertz CT molecular complexity index is 667. The fourth-order valence-electron chi connectivity index (χ4n) is 1.93. The zero-order chi connectivity index (χ0) is 16.1. The van der Waals surface area contributed by atoms with Gasteiger partial charge in [0.2, 0.25) is 5.91 Å². The molecule has 1 heterocycles. The van der Waals surface area contributed by atoms with Gasteiger partial charge in [0.25, 0.3) is 5.91 Å². The molecule has 4 nitrogen and oxygen atoms in total. The lowest BCUT2D eigenvalue weighted by Crippen LogP contribution is -2.37. The number of hydrogen-bond donors (Lipinski definition) is 2. The van der Waals surface area contributed by atoms with Crippen molar-refractivity contribution in [3.8, 4) is 0 Å². The summed E-state index contributed by atoms with van der Waals surface area (Å²) in [5, 5.41) is 5.33. The highest BCUT2D eigenvalue weighted by molar-refractivity contribution is 7.13. The lowest BCUT2D eigenvalue weighted by Gasteiger charge is -2.14. The van der Waals surface area contributed by atoms with Gasteiger partial charge in [0.05, 0.1) is 17.5 Å². The highest BCUT2D eigenvalue weighted by atomic mass is 32.1. The topological polar surface area (TPSA) is 58.2 Å². The number of carbonyl (C=O) groups is 2. The quantitative estimate of drug-likeness (QED) is 0.890. The molecule has 0 aliphatic heterocycles. The van der Waals surface area contributed by atoms with Crippen LogP contribution in [0.15, 0.2) is 36.4 Å². The molecule has 2 amide bonds. The minimum Gasteiger partial charge on any atom is -0.348 e. The highest BCUT2D eigenvalue weighted by Gasteiger charge is 2.12. The van der Waals surface area contributed by atoms with Gasteiger partial charge in [-0.2, -0.15) is 0 Å². The van der Waals surface area contributed by atoms with Gasteiger partial charge in [-0.15, -0.1) is 11.3 Å². The van der Waals surface area contributed by atoms with E-state index in [1.807, 2.05) is 13.0 Å². The summed E-state index contributed by atoms with van der Waals surface area (Å²) in [6.07, 6.45) is 0. The van der Waals surface area contributed by atoms with E-state index in [9.17, 15) is 14.0 Å². The second kappa shape index (κ2) is 7.17. The van der Waals surface area contributed by atoms with Gasteiger partial charge in [0, 0.05) is 4.88 Å². The first-order valence-electron chi connectivity index (χ1n) is 6.85. The van der Waals surface area contributed by atoms with E-state index in [0.717, 1.165) is 10.4 Å². The Morgan fingerprint density at radius 3 is 2.45 bits per heavy atom. The molecule has 0 radical (unpaired) electrons. The van der Waals surface area contributed by atoms with Gasteiger partial charge in [0.15, 0.2) is 0 Å². The monoisotopic (exact) mass is 320 g/mol. The third kappa shape index (κ3) is 4.39. The molecule has 1 aromatic heterocycles. The Kier molecular flexibility index (Phi) is 5.27. The molecule has 0 aliphatic carbocycles. The van der Waals surface area contributed by atoms with Crippen LogP contribution < -0.4 is 10.6 Å². The molecule has 2 rings (SSSR count). The Hall–Kier alpha value is -2.21. The number of halogens is 1. The van der Waals surface area contributed by atoms with Gasteiger partial charge < -0.3 is 10.6 Å². The van der Waals surface area contributed by atoms with Crippen molar-refractivity contribution in [3.63, 3.8) is 0 Å². The Labute approximate surface area is 132 Å². The number of carbonyl (C=O) groups excluding carboxylic acids is 2. The molecule has 6 heteroatoms. The maximum Gasteiger partial charge on any atom is 0.261 e. The van der Waals surface area contributed by atoms with Crippen LogP contribution in [0.3, 0.4) is 0 Å². The molecule has 0 bridgehead atoms. The molecule has 2 aromatic rings. The van der Waals surface area contributed by atoms with Crippen LogP contribution in [0, 0.1) is 12.7 Å². The first-order valence-corrected chi connectivity index (χ1v) is 7.67. The van der Waals surface area contributed by atoms with Crippen molar-refractivity contribution in [2.45, 2.75) is 19.9 Å². The minimum atomic E-state index is -0.319. The van der Waals surface area contributed by atoms with Gasteiger partial charge in [-0.1, -0.05) is 12.1 Å². The van der Waals surface area contributed by atoms with Crippen LogP contribution in [0.5, 0.6) is 0 Å². The molecular formula is C16H17FN2O2S. The number of benzene rings is 1. The van der Waals surface area contributed by atoms with Crippen molar-refractivity contribution in [1.29, 1.82) is 0 Å². The summed E-state index contributed by atoms with van der Waals surface area (Å²) >= 11 is 1.38. The average Bonchev–Trinajstić information content (AvgIpc) is 2.92. The Morgan fingerprint density at radius 1 is 1.18 bits per heavy atom. The van der Waals surface area contributed by atoms with Crippen molar-refractivity contribution in [2.75, 3.05) is 6.54 Å². The van der Waals surface area contributed by atoms with E-state index >= 15 is 0 Å². The summed E-state index contributed by atoms with van der Waals surface area (Å²) < 4.78 is 12.9. The molecule has 0 fully saturated rings. The molecule has 1 atom stereocenters. The number of thiophene rings is 1. The van der Waals surface area contributed by atoms with Gasteiger partial charge in [0.1, 0.15) is 5.82 Å². The lowest BCUT2D eigenvalue weighted by molar-refractivity contribution is -0.120. The molecule has 0 aliphatic rings. The minimum absolute atomic E-state index is 0.0959. The summed E-state index contributed by atoms with van der Waals surface area (Å²) in [7, 11) is 0. The lowest BCUT2D eigenvalue weighted by atomic mass is 10.1. The second-order valence-electron chi connectivity index (χ2n) is 4.93. The molecule has 1 unspecified atom stereocenters. The smallest absolute Gasteiger partial charge is 0.261 e. The van der Waals surface area contributed by atoms with Crippen molar-refractivity contribution in [1.82, 2.24) is 10.6 Å². The average molecular weight is 320 g/mol. The van der Waals surface area contributed by atoms with Crippen LogP contribution in [-0.4, -0.2) is 18.4 Å². The predicted octanol–water partition coefficient (Wildman–Crippen LogP) is 2.80. The summed E-state index contributed by atoms with van der Waals surface area (Å²) in [5.41, 5.74) is 0.801. The van der Waals surface area contributed by atoms with Crippen LogP contribution in [-0.2, 0) is 4.79 Å². The molecular weight excluding hydrogens is 303 g/mol. The SMILES string of the molecule is Cc1ccc(C(=O)NCC(=O)NC(C)c2ccc(F)cc2)s1. The van der Waals surface area contributed by atoms with Crippen LogP contribution in [0.1, 0.15) is 33.1 Å². The number of aryl methyl sites for hydroxylation is 1. The Morgan fingerprint density at radius 2 is 1.86 bits per heavy atom. The molecule has 0 saturated heterocycles. The third-order valence-corrected chi connectivity index (χ3v) is 4.12. The number of nitrogens with one attached hydrogen (secondary N) is 2. The van der Waals surface area contributed by atoms with Gasteiger partial charge in [-0.05, 0) is 43.7 Å². The van der Waals surface area contributed by atoms with Crippen molar-refractivity contribution in [2.24, 2.45) is 0 Å². The number of rotatable bonds is 5. The zero-order valence-corrected chi connectivity index (χ0v) is 13.2. The van der Waals surface area contributed by atoms with E-state index in [2.05, 4.69) is 10.6 Å². The van der Waals surface area contributed by atoms with Crippen molar-refractivity contribution >= 4 is 23.2 Å². The predicted molar refractivity (Wildman–Crippen MR) is 84.3 cm³/mol. The van der Waals surface area contributed by atoms with Crippen molar-refractivity contribution < 1.29 is 14.0 Å². The van der Waals surface area contributed by atoms with Crippen LogP contribution >= 0.6 is 11.3 Å². The largest absolute Gasteiger partial charge is 0.348 e. The van der Waals surface area contributed by atoms with E-state index < -0.39 is 0 Å². The standard InChI is InChI=1S/C16H17FN2O2S/c1-10-3-8-14(22-10)16(21)18-9-15(20)19-11(2)12-4-6-13(17)7-5-12/h3-8,11H,9H2,1-2H3,(H,18,21)(H,19,20). The summed E-state index contributed by atoms with van der Waals surface area (Å²) in [6, 6.07) is 9.26. The first kappa shape index (κ1) is 16.2. The first-order chi connectivity index (χ1) is 10.5. The second-order valence-corrected chi connectivity index (χ2v) is 6.22. The normalized spacial score (nSPS) is 11.8. The Balaban J connectivity index is 1.82. The molecule has 116 valence electrons. The fraction of sp³-hybridized carbons (Fsp3) is 0.250. The van der Waals surface area contributed by atoms with E-state index in [0.29, 0.717) is 4.88 Å².